The highest BCUT2D eigenvalue weighted by Gasteiger charge is 2.17. The molecule has 1 heterocycles. The van der Waals surface area contributed by atoms with Gasteiger partial charge in [0.15, 0.2) is 0 Å². The van der Waals surface area contributed by atoms with Crippen molar-refractivity contribution in [2.45, 2.75) is 38.0 Å². The van der Waals surface area contributed by atoms with Gasteiger partial charge in [0.05, 0.1) is 11.3 Å². The molecule has 2 aromatic carbocycles. The molecule has 35 heavy (non-hydrogen) atoms. The number of hydrogen-bond acceptors (Lipinski definition) is 5. The Bertz CT molecular complexity index is 1290. The van der Waals surface area contributed by atoms with Crippen LogP contribution in [0.5, 0.6) is 0 Å². The average Bonchev–Trinajstić information content (AvgIpc) is 2.81. The van der Waals surface area contributed by atoms with Crippen LogP contribution in [-0.4, -0.2) is 51.0 Å². The first-order valence-corrected chi connectivity index (χ1v) is 13.5. The van der Waals surface area contributed by atoms with Gasteiger partial charge in [0.1, 0.15) is 12.2 Å². The van der Waals surface area contributed by atoms with E-state index in [0.29, 0.717) is 23.0 Å². The van der Waals surface area contributed by atoms with Gasteiger partial charge in [-0.1, -0.05) is 61.4 Å². The van der Waals surface area contributed by atoms with Gasteiger partial charge in [0, 0.05) is 11.9 Å². The maximum absolute atomic E-state index is 13.2. The highest BCUT2D eigenvalue weighted by atomic mass is 32.2. The van der Waals surface area contributed by atoms with Gasteiger partial charge in [-0.15, -0.1) is 0 Å². The first-order valence-electron chi connectivity index (χ1n) is 11.8. The molecule has 188 valence electrons. The largest absolute Gasteiger partial charge is 0.355 e. The molecule has 8 nitrogen and oxygen atoms in total. The number of hydrogen-bond donors (Lipinski definition) is 2. The summed E-state index contributed by atoms with van der Waals surface area (Å²) >= 11 is 0. The van der Waals surface area contributed by atoms with Crippen LogP contribution in [0.25, 0.3) is 10.9 Å². The molecule has 1 amide bonds. The summed E-state index contributed by atoms with van der Waals surface area (Å²) < 4.78 is 29.2. The molecular weight excluding hydrogens is 464 g/mol. The number of carbonyl (C=O) groups excluding carboxylic acids is 1. The zero-order valence-corrected chi connectivity index (χ0v) is 21.2. The van der Waals surface area contributed by atoms with E-state index in [4.69, 9.17) is 0 Å². The monoisotopic (exact) mass is 498 g/mol. The first kappa shape index (κ1) is 26.4. The number of amides is 1. The van der Waals surface area contributed by atoms with E-state index < -0.39 is 15.6 Å². The third kappa shape index (κ3) is 8.22. The minimum Gasteiger partial charge on any atom is -0.355 e. The van der Waals surface area contributed by atoms with Gasteiger partial charge in [0.2, 0.25) is 15.9 Å². The summed E-state index contributed by atoms with van der Waals surface area (Å²) in [5.74, 6) is -0.537. The number of para-hydroxylation sites is 1. The summed E-state index contributed by atoms with van der Waals surface area (Å²) in [5.41, 5.74) is 0.553. The third-order valence-electron chi connectivity index (χ3n) is 5.62. The van der Waals surface area contributed by atoms with E-state index in [1.807, 2.05) is 6.07 Å². The predicted molar refractivity (Wildman–Crippen MR) is 141 cm³/mol. The second-order valence-electron chi connectivity index (χ2n) is 8.92. The highest BCUT2D eigenvalue weighted by Crippen LogP contribution is 2.18. The van der Waals surface area contributed by atoms with Gasteiger partial charge in [-0.2, -0.15) is 0 Å². The molecule has 0 radical (unpaired) electrons. The van der Waals surface area contributed by atoms with Crippen LogP contribution in [0.1, 0.15) is 31.2 Å². The van der Waals surface area contributed by atoms with Gasteiger partial charge in [-0.25, -0.2) is 8.42 Å². The van der Waals surface area contributed by atoms with E-state index >= 15 is 0 Å². The lowest BCUT2D eigenvalue weighted by Gasteiger charge is -2.14. The number of benzene rings is 2. The van der Waals surface area contributed by atoms with Crippen LogP contribution in [0.3, 0.4) is 0 Å². The molecule has 3 rings (SSSR count). The summed E-state index contributed by atoms with van der Waals surface area (Å²) in [4.78, 5) is 28.0. The number of rotatable bonds is 13. The maximum atomic E-state index is 13.2. The van der Waals surface area contributed by atoms with Crippen LogP contribution in [-0.2, 0) is 27.1 Å². The molecule has 0 unspecified atom stereocenters. The molecule has 0 saturated heterocycles. The smallest absolute Gasteiger partial charge is 0.275 e. The lowest BCUT2D eigenvalue weighted by Crippen LogP contribution is -2.34. The molecule has 0 atom stereocenters. The van der Waals surface area contributed by atoms with Crippen molar-refractivity contribution < 1.29 is 13.2 Å². The number of carbonyl (C=O) groups is 1. The van der Waals surface area contributed by atoms with Crippen molar-refractivity contribution in [3.05, 3.63) is 76.6 Å². The number of anilines is 1. The summed E-state index contributed by atoms with van der Waals surface area (Å²) in [6.45, 7) is 1.40. The molecule has 9 heteroatoms. The van der Waals surface area contributed by atoms with Crippen LogP contribution in [0.2, 0.25) is 0 Å². The van der Waals surface area contributed by atoms with Gasteiger partial charge < -0.3 is 10.2 Å². The normalized spacial score (nSPS) is 11.6. The van der Waals surface area contributed by atoms with Crippen molar-refractivity contribution in [2.75, 3.05) is 31.9 Å². The van der Waals surface area contributed by atoms with E-state index in [1.54, 1.807) is 48.5 Å². The number of unbranched alkanes of at least 4 members (excludes halogenated alkanes) is 3. The van der Waals surface area contributed by atoms with E-state index in [9.17, 15) is 18.0 Å². The van der Waals surface area contributed by atoms with Crippen LogP contribution in [0.15, 0.2) is 65.5 Å². The SMILES string of the molecule is CN(C)CCCCCCNC(=O)Cn1c(=O)c(NS(=O)(=O)Cc2ccccc2)cc2ccccc21. The Labute approximate surface area is 207 Å². The van der Waals surface area contributed by atoms with Crippen molar-refractivity contribution in [2.24, 2.45) is 0 Å². The Morgan fingerprint density at radius 3 is 2.37 bits per heavy atom. The summed E-state index contributed by atoms with van der Waals surface area (Å²) in [5, 5.41) is 3.54. The summed E-state index contributed by atoms with van der Waals surface area (Å²) in [6.07, 6.45) is 4.11. The molecule has 0 bridgehead atoms. The predicted octanol–water partition coefficient (Wildman–Crippen LogP) is 3.18. The molecule has 0 aliphatic heterocycles. The molecule has 0 aliphatic carbocycles. The number of aromatic nitrogens is 1. The van der Waals surface area contributed by atoms with E-state index in [-0.39, 0.29) is 23.9 Å². The van der Waals surface area contributed by atoms with E-state index in [0.717, 1.165) is 32.2 Å². The molecular formula is C26H34N4O4S. The highest BCUT2D eigenvalue weighted by molar-refractivity contribution is 7.91. The zero-order chi connectivity index (χ0) is 25.3. The molecule has 0 spiro atoms. The number of sulfonamides is 1. The van der Waals surface area contributed by atoms with E-state index in [2.05, 4.69) is 29.0 Å². The Morgan fingerprint density at radius 2 is 1.63 bits per heavy atom. The van der Waals surface area contributed by atoms with Crippen molar-refractivity contribution in [1.82, 2.24) is 14.8 Å². The van der Waals surface area contributed by atoms with Crippen molar-refractivity contribution >= 4 is 32.5 Å². The third-order valence-corrected chi connectivity index (χ3v) is 6.87. The zero-order valence-electron chi connectivity index (χ0n) is 20.4. The lowest BCUT2D eigenvalue weighted by atomic mass is 10.2. The van der Waals surface area contributed by atoms with Crippen molar-refractivity contribution in [1.29, 1.82) is 0 Å². The van der Waals surface area contributed by atoms with Crippen LogP contribution >= 0.6 is 0 Å². The van der Waals surface area contributed by atoms with E-state index in [1.165, 1.54) is 10.6 Å². The lowest BCUT2D eigenvalue weighted by molar-refractivity contribution is -0.121. The summed E-state index contributed by atoms with van der Waals surface area (Å²) in [7, 11) is 0.280. The van der Waals surface area contributed by atoms with Crippen LogP contribution < -0.4 is 15.6 Å². The Hall–Kier alpha value is -3.17. The Morgan fingerprint density at radius 1 is 0.943 bits per heavy atom. The number of pyridine rings is 1. The van der Waals surface area contributed by atoms with Gasteiger partial charge >= 0.3 is 0 Å². The second kappa shape index (κ2) is 12.5. The number of fused-ring (bicyclic) bond motifs is 1. The molecule has 0 saturated carbocycles. The Kier molecular flexibility index (Phi) is 9.45. The molecule has 0 fully saturated rings. The fraction of sp³-hybridized carbons (Fsp3) is 0.385. The van der Waals surface area contributed by atoms with Gasteiger partial charge in [0.25, 0.3) is 5.56 Å². The maximum Gasteiger partial charge on any atom is 0.275 e. The average molecular weight is 499 g/mol. The standard InChI is InChI=1S/C26H34N4O4S/c1-29(2)17-11-4-3-10-16-27-25(31)19-30-24-15-9-8-14-22(24)18-23(26(30)32)28-35(33,34)20-21-12-6-5-7-13-21/h5-9,12-15,18,28H,3-4,10-11,16-17,19-20H2,1-2H3,(H,27,31). The van der Waals surface area contributed by atoms with Crippen LogP contribution in [0, 0.1) is 0 Å². The summed E-state index contributed by atoms with van der Waals surface area (Å²) in [6, 6.07) is 17.4. The van der Waals surface area contributed by atoms with Gasteiger partial charge in [-0.05, 0) is 51.2 Å². The fourth-order valence-corrected chi connectivity index (χ4v) is 5.07. The molecule has 3 aromatic rings. The minimum absolute atomic E-state index is 0.0756. The topological polar surface area (TPSA) is 101 Å². The van der Waals surface area contributed by atoms with Crippen LogP contribution in [0.4, 0.5) is 5.69 Å². The quantitative estimate of drug-likeness (QED) is 0.353. The van der Waals surface area contributed by atoms with Crippen molar-refractivity contribution in [3.63, 3.8) is 0 Å². The second-order valence-corrected chi connectivity index (χ2v) is 10.6. The van der Waals surface area contributed by atoms with Gasteiger partial charge in [-0.3, -0.25) is 18.9 Å². The molecule has 0 aliphatic rings. The first-order chi connectivity index (χ1) is 16.7. The molecule has 1 aromatic heterocycles. The minimum atomic E-state index is -3.82. The fourth-order valence-electron chi connectivity index (χ4n) is 3.89. The molecule has 2 N–H and O–H groups in total. The van der Waals surface area contributed by atoms with Crippen molar-refractivity contribution in [3.8, 4) is 0 Å². The number of nitrogens with one attached hydrogen (secondary N) is 2. The number of nitrogens with zero attached hydrogens (tertiary/aromatic N) is 2. The Balaban J connectivity index is 1.70.